The summed E-state index contributed by atoms with van der Waals surface area (Å²) in [6, 6.07) is 0.656. The van der Waals surface area contributed by atoms with Crippen molar-refractivity contribution < 1.29 is 14.3 Å². The van der Waals surface area contributed by atoms with Gasteiger partial charge in [-0.15, -0.1) is 0 Å². The zero-order chi connectivity index (χ0) is 20.1. The van der Waals surface area contributed by atoms with Crippen molar-refractivity contribution in [3.63, 3.8) is 0 Å². The van der Waals surface area contributed by atoms with Crippen LogP contribution < -0.4 is 0 Å². The standard InChI is InChI=1S/C20H36N4O3S/c1-21(2)17-5-11-22(15-17)9-4-10-24-16-20(27-19(24)26)7-12-23(13-8-20)18(25)6-14-28-3/h17H,4-16H2,1-3H3. The predicted molar refractivity (Wildman–Crippen MR) is 113 cm³/mol. The second-order valence-electron chi connectivity index (χ2n) is 8.66. The van der Waals surface area contributed by atoms with Crippen LogP contribution >= 0.6 is 11.8 Å². The summed E-state index contributed by atoms with van der Waals surface area (Å²) in [5.41, 5.74) is -0.378. The van der Waals surface area contributed by atoms with Crippen molar-refractivity contribution in [3.8, 4) is 0 Å². The molecule has 0 aromatic rings. The number of carbonyl (C=O) groups excluding carboxylic acids is 2. The number of nitrogens with zero attached hydrogens (tertiary/aromatic N) is 4. The van der Waals surface area contributed by atoms with Crippen LogP contribution in [0.4, 0.5) is 4.79 Å². The highest BCUT2D eigenvalue weighted by Crippen LogP contribution is 2.33. The molecule has 8 heteroatoms. The summed E-state index contributed by atoms with van der Waals surface area (Å²) in [7, 11) is 4.30. The highest BCUT2D eigenvalue weighted by atomic mass is 32.2. The third-order valence-electron chi connectivity index (χ3n) is 6.47. The van der Waals surface area contributed by atoms with E-state index in [2.05, 4.69) is 23.9 Å². The fourth-order valence-electron chi connectivity index (χ4n) is 4.56. The Morgan fingerprint density at radius 2 is 2.00 bits per heavy atom. The van der Waals surface area contributed by atoms with Crippen LogP contribution in [0.15, 0.2) is 0 Å². The Balaban J connectivity index is 1.39. The summed E-state index contributed by atoms with van der Waals surface area (Å²) in [5.74, 6) is 1.10. The van der Waals surface area contributed by atoms with Crippen LogP contribution in [0, 0.1) is 0 Å². The van der Waals surface area contributed by atoms with Crippen molar-refractivity contribution in [2.75, 3.05) is 71.9 Å². The van der Waals surface area contributed by atoms with E-state index >= 15 is 0 Å². The van der Waals surface area contributed by atoms with Gasteiger partial charge in [0.25, 0.3) is 0 Å². The molecule has 0 radical (unpaired) electrons. The lowest BCUT2D eigenvalue weighted by Gasteiger charge is -2.37. The van der Waals surface area contributed by atoms with Crippen molar-refractivity contribution in [2.24, 2.45) is 0 Å². The molecule has 0 aliphatic carbocycles. The van der Waals surface area contributed by atoms with Gasteiger partial charge < -0.3 is 24.3 Å². The molecule has 3 fully saturated rings. The number of thioether (sulfide) groups is 1. The largest absolute Gasteiger partial charge is 0.441 e. The lowest BCUT2D eigenvalue weighted by Crippen LogP contribution is -2.48. The third-order valence-corrected chi connectivity index (χ3v) is 7.08. The van der Waals surface area contributed by atoms with Crippen molar-refractivity contribution in [1.29, 1.82) is 0 Å². The number of piperidine rings is 1. The van der Waals surface area contributed by atoms with Gasteiger partial charge in [0, 0.05) is 57.2 Å². The summed E-state index contributed by atoms with van der Waals surface area (Å²) in [6.07, 6.45) is 6.20. The Kier molecular flexibility index (Phi) is 7.50. The average Bonchev–Trinajstić information content (AvgIpc) is 3.26. The van der Waals surface area contributed by atoms with E-state index in [0.717, 1.165) is 51.2 Å². The molecule has 1 spiro atoms. The zero-order valence-electron chi connectivity index (χ0n) is 17.7. The molecule has 0 N–H and O–H groups in total. The summed E-state index contributed by atoms with van der Waals surface area (Å²) in [5, 5.41) is 0. The van der Waals surface area contributed by atoms with E-state index in [1.165, 1.54) is 6.42 Å². The summed E-state index contributed by atoms with van der Waals surface area (Å²) in [4.78, 5) is 33.2. The minimum absolute atomic E-state index is 0.172. The van der Waals surface area contributed by atoms with Gasteiger partial charge in [0.15, 0.2) is 0 Å². The van der Waals surface area contributed by atoms with E-state index in [-0.39, 0.29) is 17.6 Å². The van der Waals surface area contributed by atoms with Gasteiger partial charge in [-0.3, -0.25) is 4.79 Å². The SMILES string of the molecule is CSCCC(=O)N1CCC2(CC1)CN(CCCN1CCC(N(C)C)C1)C(=O)O2. The topological polar surface area (TPSA) is 56.3 Å². The summed E-state index contributed by atoms with van der Waals surface area (Å²) >= 11 is 1.70. The Morgan fingerprint density at radius 1 is 1.25 bits per heavy atom. The average molecular weight is 413 g/mol. The number of carbonyl (C=O) groups is 2. The number of ether oxygens (including phenoxy) is 1. The number of rotatable bonds is 8. The summed E-state index contributed by atoms with van der Waals surface area (Å²) < 4.78 is 5.81. The molecule has 3 rings (SSSR count). The molecule has 3 aliphatic rings. The molecule has 1 atom stereocenters. The van der Waals surface area contributed by atoms with Crippen molar-refractivity contribution in [1.82, 2.24) is 19.6 Å². The van der Waals surface area contributed by atoms with Crippen LogP contribution in [0.3, 0.4) is 0 Å². The highest BCUT2D eigenvalue weighted by Gasteiger charge is 2.47. The van der Waals surface area contributed by atoms with Gasteiger partial charge in [0.05, 0.1) is 6.54 Å². The van der Waals surface area contributed by atoms with Gasteiger partial charge in [-0.05, 0) is 46.3 Å². The van der Waals surface area contributed by atoms with Gasteiger partial charge in [0.2, 0.25) is 5.91 Å². The quantitative estimate of drug-likeness (QED) is 0.603. The fraction of sp³-hybridized carbons (Fsp3) is 0.900. The predicted octanol–water partition coefficient (Wildman–Crippen LogP) is 1.58. The van der Waals surface area contributed by atoms with Crippen LogP contribution in [0.2, 0.25) is 0 Å². The van der Waals surface area contributed by atoms with Gasteiger partial charge in [-0.1, -0.05) is 0 Å². The van der Waals surface area contributed by atoms with E-state index in [9.17, 15) is 9.59 Å². The minimum atomic E-state index is -0.378. The Hall–Kier alpha value is -0.990. The Bertz CT molecular complexity index is 552. The van der Waals surface area contributed by atoms with Crippen LogP contribution in [0.1, 0.15) is 32.1 Å². The summed E-state index contributed by atoms with van der Waals surface area (Å²) in [6.45, 7) is 6.17. The zero-order valence-corrected chi connectivity index (χ0v) is 18.5. The van der Waals surface area contributed by atoms with Gasteiger partial charge >= 0.3 is 6.09 Å². The Morgan fingerprint density at radius 3 is 2.64 bits per heavy atom. The molecule has 160 valence electrons. The molecular formula is C20H36N4O3S. The maximum Gasteiger partial charge on any atom is 0.410 e. The Labute approximate surface area is 173 Å². The van der Waals surface area contributed by atoms with Crippen molar-refractivity contribution in [2.45, 2.75) is 43.7 Å². The van der Waals surface area contributed by atoms with E-state index in [4.69, 9.17) is 4.74 Å². The monoisotopic (exact) mass is 412 g/mol. The molecule has 1 unspecified atom stereocenters. The van der Waals surface area contributed by atoms with E-state index in [0.29, 0.717) is 32.1 Å². The second kappa shape index (κ2) is 9.67. The van der Waals surface area contributed by atoms with Crippen LogP contribution in [-0.4, -0.2) is 115 Å². The normalized spacial score (nSPS) is 25.1. The smallest absolute Gasteiger partial charge is 0.410 e. The highest BCUT2D eigenvalue weighted by molar-refractivity contribution is 7.98. The molecule has 3 saturated heterocycles. The van der Waals surface area contributed by atoms with Gasteiger partial charge in [-0.2, -0.15) is 11.8 Å². The van der Waals surface area contributed by atoms with Crippen molar-refractivity contribution in [3.05, 3.63) is 0 Å². The lowest BCUT2D eigenvalue weighted by molar-refractivity contribution is -0.134. The molecule has 3 aliphatic heterocycles. The van der Waals surface area contributed by atoms with E-state index < -0.39 is 0 Å². The van der Waals surface area contributed by atoms with Crippen LogP contribution in [-0.2, 0) is 9.53 Å². The number of likely N-dealkylation sites (tertiary alicyclic amines) is 2. The number of hydrogen-bond acceptors (Lipinski definition) is 6. The van der Waals surface area contributed by atoms with Crippen LogP contribution in [0.25, 0.3) is 0 Å². The first-order valence-electron chi connectivity index (χ1n) is 10.6. The van der Waals surface area contributed by atoms with Gasteiger partial charge in [-0.25, -0.2) is 4.79 Å². The molecule has 2 amide bonds. The first-order valence-corrected chi connectivity index (χ1v) is 12.0. The molecular weight excluding hydrogens is 376 g/mol. The molecule has 7 nitrogen and oxygen atoms in total. The molecule has 3 heterocycles. The molecule has 0 aromatic heterocycles. The van der Waals surface area contributed by atoms with Crippen molar-refractivity contribution >= 4 is 23.8 Å². The molecule has 0 aromatic carbocycles. The van der Waals surface area contributed by atoms with E-state index in [1.54, 1.807) is 11.8 Å². The number of hydrogen-bond donors (Lipinski definition) is 0. The van der Waals surface area contributed by atoms with Crippen LogP contribution in [0.5, 0.6) is 0 Å². The second-order valence-corrected chi connectivity index (χ2v) is 9.64. The minimum Gasteiger partial charge on any atom is -0.441 e. The fourth-order valence-corrected chi connectivity index (χ4v) is 4.94. The maximum absolute atomic E-state index is 12.4. The van der Waals surface area contributed by atoms with Gasteiger partial charge in [0.1, 0.15) is 5.60 Å². The molecule has 28 heavy (non-hydrogen) atoms. The third kappa shape index (κ3) is 5.33. The maximum atomic E-state index is 12.4. The first-order chi connectivity index (χ1) is 13.4. The first kappa shape index (κ1) is 21.7. The number of amides is 2. The number of likely N-dealkylation sites (N-methyl/N-ethyl adjacent to an activating group) is 1. The molecule has 0 saturated carbocycles. The molecule has 0 bridgehead atoms. The van der Waals surface area contributed by atoms with E-state index in [1.807, 2.05) is 16.1 Å². The lowest BCUT2D eigenvalue weighted by atomic mass is 9.91.